The zero-order valence-corrected chi connectivity index (χ0v) is 11.3. The third-order valence-electron chi connectivity index (χ3n) is 4.20. The van der Waals surface area contributed by atoms with Gasteiger partial charge in [0.2, 0.25) is 0 Å². The van der Waals surface area contributed by atoms with Crippen molar-refractivity contribution >= 4 is 11.9 Å². The topological polar surface area (TPSA) is 74.6 Å². The summed E-state index contributed by atoms with van der Waals surface area (Å²) in [4.78, 5) is 22.9. The molecule has 18 heavy (non-hydrogen) atoms. The maximum absolute atomic E-state index is 11.4. The lowest BCUT2D eigenvalue weighted by molar-refractivity contribution is -0.162. The molecule has 4 nitrogen and oxygen atoms in total. The van der Waals surface area contributed by atoms with E-state index in [9.17, 15) is 19.8 Å². The predicted molar refractivity (Wildman–Crippen MR) is 68.3 cm³/mol. The molecule has 4 atom stereocenters. The lowest BCUT2D eigenvalue weighted by Gasteiger charge is -2.39. The van der Waals surface area contributed by atoms with Crippen LogP contribution in [-0.4, -0.2) is 22.2 Å². The van der Waals surface area contributed by atoms with Crippen LogP contribution >= 0.6 is 0 Å². The third-order valence-corrected chi connectivity index (χ3v) is 4.20. The molecule has 0 aromatic heterocycles. The van der Waals surface area contributed by atoms with E-state index < -0.39 is 23.8 Å². The molecule has 4 unspecified atom stereocenters. The zero-order valence-electron chi connectivity index (χ0n) is 11.3. The molecule has 104 valence electrons. The first-order valence-electron chi connectivity index (χ1n) is 6.98. The van der Waals surface area contributed by atoms with E-state index in [4.69, 9.17) is 0 Å². The van der Waals surface area contributed by atoms with Gasteiger partial charge in [-0.3, -0.25) is 9.59 Å². The van der Waals surface area contributed by atoms with E-state index in [2.05, 4.69) is 0 Å². The van der Waals surface area contributed by atoms with Crippen LogP contribution in [0, 0.1) is 23.7 Å². The second-order valence-corrected chi connectivity index (χ2v) is 5.40. The minimum absolute atomic E-state index is 0.0294. The van der Waals surface area contributed by atoms with Crippen molar-refractivity contribution in [3.05, 3.63) is 0 Å². The van der Waals surface area contributed by atoms with Gasteiger partial charge in [-0.15, -0.1) is 0 Å². The maximum atomic E-state index is 11.4. The van der Waals surface area contributed by atoms with Crippen LogP contribution in [0.3, 0.4) is 0 Å². The fraction of sp³-hybridized carbons (Fsp3) is 0.857. The molecule has 0 spiro atoms. The summed E-state index contributed by atoms with van der Waals surface area (Å²) in [7, 11) is 0. The summed E-state index contributed by atoms with van der Waals surface area (Å²) in [5.74, 6) is -3.20. The van der Waals surface area contributed by atoms with Gasteiger partial charge in [0.25, 0.3) is 0 Å². The van der Waals surface area contributed by atoms with Gasteiger partial charge >= 0.3 is 11.9 Å². The number of carboxylic acids is 2. The molecule has 4 heteroatoms. The van der Waals surface area contributed by atoms with Crippen LogP contribution in [0.5, 0.6) is 0 Å². The van der Waals surface area contributed by atoms with Gasteiger partial charge in [0.1, 0.15) is 0 Å². The van der Waals surface area contributed by atoms with Gasteiger partial charge < -0.3 is 10.2 Å². The molecule has 1 aliphatic carbocycles. The summed E-state index contributed by atoms with van der Waals surface area (Å²) in [6.45, 7) is 4.04. The van der Waals surface area contributed by atoms with Crippen molar-refractivity contribution in [3.8, 4) is 0 Å². The Kier molecular flexibility index (Phi) is 5.63. The molecule has 0 aliphatic heterocycles. The lowest BCUT2D eigenvalue weighted by Crippen LogP contribution is -2.43. The quantitative estimate of drug-likeness (QED) is 0.766. The smallest absolute Gasteiger partial charge is 0.307 e. The summed E-state index contributed by atoms with van der Waals surface area (Å²) in [6, 6.07) is 0. The number of carboxylic acid groups (broad SMARTS) is 2. The molecule has 1 rings (SSSR count). The fourth-order valence-electron chi connectivity index (χ4n) is 3.47. The van der Waals surface area contributed by atoms with Crippen molar-refractivity contribution < 1.29 is 19.8 Å². The Bertz CT molecular complexity index is 270. The van der Waals surface area contributed by atoms with Gasteiger partial charge in [0.15, 0.2) is 0 Å². The minimum Gasteiger partial charge on any atom is -0.481 e. The summed E-state index contributed by atoms with van der Waals surface area (Å²) >= 11 is 0. The van der Waals surface area contributed by atoms with E-state index in [1.807, 2.05) is 13.8 Å². The van der Waals surface area contributed by atoms with Gasteiger partial charge in [0, 0.05) is 0 Å². The number of hydrogen-bond donors (Lipinski definition) is 2. The van der Waals surface area contributed by atoms with Gasteiger partial charge in [-0.2, -0.15) is 0 Å². The minimum atomic E-state index is -0.929. The van der Waals surface area contributed by atoms with Gasteiger partial charge in [-0.1, -0.05) is 26.7 Å². The van der Waals surface area contributed by atoms with E-state index in [-0.39, 0.29) is 11.8 Å². The lowest BCUT2D eigenvalue weighted by atomic mass is 9.64. The van der Waals surface area contributed by atoms with Crippen molar-refractivity contribution in [2.75, 3.05) is 0 Å². The van der Waals surface area contributed by atoms with E-state index >= 15 is 0 Å². The molecular formula is C14H24O4. The molecule has 1 fully saturated rings. The van der Waals surface area contributed by atoms with Gasteiger partial charge in [-0.25, -0.2) is 0 Å². The average molecular weight is 256 g/mol. The molecule has 0 aromatic rings. The number of carbonyl (C=O) groups is 2. The maximum Gasteiger partial charge on any atom is 0.307 e. The van der Waals surface area contributed by atoms with Crippen molar-refractivity contribution in [1.82, 2.24) is 0 Å². The Labute approximate surface area is 108 Å². The van der Waals surface area contributed by atoms with Crippen molar-refractivity contribution in [2.24, 2.45) is 23.7 Å². The molecule has 0 amide bonds. The summed E-state index contributed by atoms with van der Waals surface area (Å²) in [5, 5.41) is 18.8. The molecule has 0 bridgehead atoms. The summed E-state index contributed by atoms with van der Waals surface area (Å²) in [6.07, 6.45) is 5.19. The van der Waals surface area contributed by atoms with Gasteiger partial charge in [0.05, 0.1) is 11.8 Å². The van der Waals surface area contributed by atoms with Crippen LogP contribution in [0.2, 0.25) is 0 Å². The van der Waals surface area contributed by atoms with Crippen molar-refractivity contribution in [1.29, 1.82) is 0 Å². The van der Waals surface area contributed by atoms with E-state index in [1.165, 1.54) is 0 Å². The number of aliphatic carboxylic acids is 2. The SMILES string of the molecule is CCCC1CCC(CCC)C(C(=O)O)C1C(=O)O. The Hall–Kier alpha value is -1.06. The van der Waals surface area contributed by atoms with Crippen LogP contribution in [-0.2, 0) is 9.59 Å². The standard InChI is InChI=1S/C14H24O4/c1-3-5-9-7-8-10(6-4-2)12(14(17)18)11(9)13(15)16/h9-12H,3-8H2,1-2H3,(H,15,16)(H,17,18). The molecule has 2 N–H and O–H groups in total. The predicted octanol–water partition coefficient (Wildman–Crippen LogP) is 3.01. The largest absolute Gasteiger partial charge is 0.481 e. The van der Waals surface area contributed by atoms with Crippen molar-refractivity contribution in [2.45, 2.75) is 52.4 Å². The van der Waals surface area contributed by atoms with E-state index in [1.54, 1.807) is 0 Å². The second-order valence-electron chi connectivity index (χ2n) is 5.40. The Morgan fingerprint density at radius 2 is 1.22 bits per heavy atom. The van der Waals surface area contributed by atoms with Crippen LogP contribution < -0.4 is 0 Å². The molecular weight excluding hydrogens is 232 g/mol. The molecule has 0 saturated heterocycles. The highest BCUT2D eigenvalue weighted by atomic mass is 16.4. The van der Waals surface area contributed by atoms with Gasteiger partial charge in [-0.05, 0) is 37.5 Å². The molecule has 1 aliphatic rings. The number of hydrogen-bond acceptors (Lipinski definition) is 2. The van der Waals surface area contributed by atoms with Crippen LogP contribution in [0.4, 0.5) is 0 Å². The molecule has 0 aromatic carbocycles. The highest BCUT2D eigenvalue weighted by Crippen LogP contribution is 2.43. The second kappa shape index (κ2) is 6.76. The van der Waals surface area contributed by atoms with E-state index in [0.29, 0.717) is 0 Å². The van der Waals surface area contributed by atoms with E-state index in [0.717, 1.165) is 38.5 Å². The zero-order chi connectivity index (χ0) is 13.7. The molecule has 0 heterocycles. The summed E-state index contributed by atoms with van der Waals surface area (Å²) in [5.41, 5.74) is 0. The first kappa shape index (κ1) is 15.0. The monoisotopic (exact) mass is 256 g/mol. The molecule has 0 radical (unpaired) electrons. The highest BCUT2D eigenvalue weighted by molar-refractivity contribution is 5.80. The number of rotatable bonds is 6. The summed E-state index contributed by atoms with van der Waals surface area (Å²) < 4.78 is 0. The first-order chi connectivity index (χ1) is 8.52. The highest BCUT2D eigenvalue weighted by Gasteiger charge is 2.46. The average Bonchev–Trinajstić information content (AvgIpc) is 2.30. The van der Waals surface area contributed by atoms with Crippen LogP contribution in [0.15, 0.2) is 0 Å². The van der Waals surface area contributed by atoms with Crippen LogP contribution in [0.25, 0.3) is 0 Å². The third kappa shape index (κ3) is 3.24. The first-order valence-corrected chi connectivity index (χ1v) is 6.98. The normalized spacial score (nSPS) is 32.1. The Morgan fingerprint density at radius 1 is 0.889 bits per heavy atom. The van der Waals surface area contributed by atoms with Crippen molar-refractivity contribution in [3.63, 3.8) is 0 Å². The van der Waals surface area contributed by atoms with Crippen LogP contribution in [0.1, 0.15) is 52.4 Å². The molecule has 1 saturated carbocycles. The fourth-order valence-corrected chi connectivity index (χ4v) is 3.47. The Morgan fingerprint density at radius 3 is 1.44 bits per heavy atom. The Balaban J connectivity index is 2.94.